The molecule has 0 amide bonds. The zero-order valence-electron chi connectivity index (χ0n) is 13.2. The maximum Gasteiger partial charge on any atom is 0.295 e. The summed E-state index contributed by atoms with van der Waals surface area (Å²) in [5.74, 6) is -0.384. The van der Waals surface area contributed by atoms with Gasteiger partial charge in [0.1, 0.15) is 12.0 Å². The highest BCUT2D eigenvalue weighted by molar-refractivity contribution is 5.67. The molecule has 2 heterocycles. The van der Waals surface area contributed by atoms with Gasteiger partial charge in [-0.1, -0.05) is 0 Å². The van der Waals surface area contributed by atoms with Crippen LogP contribution in [0.4, 0.5) is 15.8 Å². The molecule has 0 bridgehead atoms. The van der Waals surface area contributed by atoms with Crippen LogP contribution in [-0.2, 0) is 13.0 Å². The summed E-state index contributed by atoms with van der Waals surface area (Å²) in [7, 11) is 2.82. The summed E-state index contributed by atoms with van der Waals surface area (Å²) in [6.07, 6.45) is 2.00. The van der Waals surface area contributed by atoms with Crippen LogP contribution in [0, 0.1) is 15.9 Å². The lowest BCUT2D eigenvalue weighted by Crippen LogP contribution is -2.32. The molecule has 1 aliphatic rings. The Hall–Kier alpha value is -2.97. The molecule has 0 saturated carbocycles. The van der Waals surface area contributed by atoms with Gasteiger partial charge in [-0.15, -0.1) is 0 Å². The molecule has 8 nitrogen and oxygen atoms in total. The molecule has 24 heavy (non-hydrogen) atoms. The van der Waals surface area contributed by atoms with Crippen molar-refractivity contribution >= 4 is 11.4 Å². The molecule has 0 fully saturated rings. The average Bonchev–Trinajstić information content (AvgIpc) is 2.60. The van der Waals surface area contributed by atoms with E-state index in [1.165, 1.54) is 26.6 Å². The topological polar surface area (TPSA) is 90.6 Å². The molecule has 0 spiro atoms. The number of anilines is 1. The second kappa shape index (κ2) is 6.26. The van der Waals surface area contributed by atoms with Gasteiger partial charge in [-0.05, 0) is 0 Å². The third-order valence-corrected chi connectivity index (χ3v) is 3.94. The number of methoxy groups -OCH3 is 2. The smallest absolute Gasteiger partial charge is 0.295 e. The van der Waals surface area contributed by atoms with Crippen molar-refractivity contribution in [3.63, 3.8) is 0 Å². The van der Waals surface area contributed by atoms with Gasteiger partial charge in [0.05, 0.1) is 43.0 Å². The first-order valence-corrected chi connectivity index (χ1v) is 7.18. The van der Waals surface area contributed by atoms with Crippen LogP contribution in [0.2, 0.25) is 0 Å². The molecule has 0 aliphatic carbocycles. The summed E-state index contributed by atoms with van der Waals surface area (Å²) >= 11 is 0. The van der Waals surface area contributed by atoms with E-state index in [-0.39, 0.29) is 17.1 Å². The lowest BCUT2D eigenvalue weighted by Gasteiger charge is -2.30. The second-order valence-corrected chi connectivity index (χ2v) is 5.21. The molecule has 0 atom stereocenters. The summed E-state index contributed by atoms with van der Waals surface area (Å²) in [6, 6.07) is 2.22. The highest BCUT2D eigenvalue weighted by Gasteiger charge is 2.28. The van der Waals surface area contributed by atoms with Crippen molar-refractivity contribution in [1.82, 2.24) is 9.97 Å². The fraction of sp³-hybridized carbons (Fsp3) is 0.333. The number of hydrogen-bond acceptors (Lipinski definition) is 7. The van der Waals surface area contributed by atoms with Crippen LogP contribution in [-0.4, -0.2) is 35.7 Å². The average molecular weight is 334 g/mol. The van der Waals surface area contributed by atoms with E-state index in [0.29, 0.717) is 25.4 Å². The van der Waals surface area contributed by atoms with E-state index in [0.717, 1.165) is 17.3 Å². The normalized spacial score (nSPS) is 13.4. The van der Waals surface area contributed by atoms with Crippen LogP contribution < -0.4 is 14.4 Å². The van der Waals surface area contributed by atoms with Crippen molar-refractivity contribution in [1.29, 1.82) is 0 Å². The maximum absolute atomic E-state index is 13.8. The number of nitro groups is 1. The predicted octanol–water partition coefficient (Wildman–Crippen LogP) is 2.10. The number of aromatic nitrogens is 2. The van der Waals surface area contributed by atoms with Crippen LogP contribution in [0.1, 0.15) is 11.3 Å². The van der Waals surface area contributed by atoms with Crippen LogP contribution in [0.25, 0.3) is 0 Å². The first-order chi connectivity index (χ1) is 11.5. The number of nitro benzene ring substituents is 1. The zero-order chi connectivity index (χ0) is 17.3. The molecule has 0 N–H and O–H groups in total. The quantitative estimate of drug-likeness (QED) is 0.624. The van der Waals surface area contributed by atoms with E-state index < -0.39 is 10.7 Å². The van der Waals surface area contributed by atoms with Gasteiger partial charge in [0, 0.05) is 19.0 Å². The van der Waals surface area contributed by atoms with Gasteiger partial charge < -0.3 is 14.4 Å². The third kappa shape index (κ3) is 2.68. The first kappa shape index (κ1) is 15.9. The van der Waals surface area contributed by atoms with Crippen LogP contribution >= 0.6 is 0 Å². The highest BCUT2D eigenvalue weighted by Crippen LogP contribution is 2.37. The summed E-state index contributed by atoms with van der Waals surface area (Å²) < 4.78 is 24.0. The molecule has 2 aromatic rings. The Bertz CT molecular complexity index is 785. The van der Waals surface area contributed by atoms with Gasteiger partial charge in [0.2, 0.25) is 5.88 Å². The van der Waals surface area contributed by atoms with Crippen LogP contribution in [0.3, 0.4) is 0 Å². The minimum Gasteiger partial charge on any atom is -0.494 e. The highest BCUT2D eigenvalue weighted by atomic mass is 19.1. The van der Waals surface area contributed by atoms with Crippen molar-refractivity contribution in [3.05, 3.63) is 45.6 Å². The van der Waals surface area contributed by atoms with E-state index >= 15 is 0 Å². The number of hydrogen-bond donors (Lipinski definition) is 0. The molecule has 0 unspecified atom stereocenters. The lowest BCUT2D eigenvalue weighted by molar-refractivity contribution is -0.384. The fourth-order valence-corrected chi connectivity index (χ4v) is 2.79. The minimum absolute atomic E-state index is 0.0438. The SMILES string of the molecule is COc1cc(N2CCc3ncnc(OC)c3C2)c([N+](=O)[O-])cc1F. The van der Waals surface area contributed by atoms with Crippen molar-refractivity contribution in [2.24, 2.45) is 0 Å². The van der Waals surface area contributed by atoms with Crippen molar-refractivity contribution in [3.8, 4) is 11.6 Å². The molecule has 3 rings (SSSR count). The Balaban J connectivity index is 2.05. The standard InChI is InChI=1S/C15H15FN4O4/c1-23-14-6-12(13(20(21)22)5-10(14)16)19-4-3-11-9(7-19)15(24-2)18-8-17-11/h5-6,8H,3-4,7H2,1-2H3. The molecule has 1 aromatic heterocycles. The van der Waals surface area contributed by atoms with Gasteiger partial charge >= 0.3 is 0 Å². The van der Waals surface area contributed by atoms with Gasteiger partial charge in [0.25, 0.3) is 5.69 Å². The number of fused-ring (bicyclic) bond motifs is 1. The van der Waals surface area contributed by atoms with Crippen molar-refractivity contribution in [2.45, 2.75) is 13.0 Å². The minimum atomic E-state index is -0.772. The van der Waals surface area contributed by atoms with Crippen LogP contribution in [0.15, 0.2) is 18.5 Å². The molecular formula is C15H15FN4O4. The number of halogens is 1. The van der Waals surface area contributed by atoms with E-state index in [9.17, 15) is 14.5 Å². The fourth-order valence-electron chi connectivity index (χ4n) is 2.79. The Kier molecular flexibility index (Phi) is 4.15. The van der Waals surface area contributed by atoms with Gasteiger partial charge in [-0.25, -0.2) is 14.4 Å². The Morgan fingerprint density at radius 1 is 1.29 bits per heavy atom. The van der Waals surface area contributed by atoms with Gasteiger partial charge in [0.15, 0.2) is 11.6 Å². The molecule has 0 saturated heterocycles. The number of ether oxygens (including phenoxy) is 2. The van der Waals surface area contributed by atoms with E-state index in [1.807, 2.05) is 0 Å². The summed E-state index contributed by atoms with van der Waals surface area (Å²) in [4.78, 5) is 20.8. The molecule has 126 valence electrons. The first-order valence-electron chi connectivity index (χ1n) is 7.18. The molecule has 1 aliphatic heterocycles. The van der Waals surface area contributed by atoms with Gasteiger partial charge in [-0.3, -0.25) is 10.1 Å². The largest absolute Gasteiger partial charge is 0.494 e. The Morgan fingerprint density at radius 3 is 2.75 bits per heavy atom. The zero-order valence-corrected chi connectivity index (χ0v) is 13.2. The number of nitrogens with zero attached hydrogens (tertiary/aromatic N) is 4. The van der Waals surface area contributed by atoms with E-state index in [1.54, 1.807) is 4.90 Å². The van der Waals surface area contributed by atoms with Crippen molar-refractivity contribution < 1.29 is 18.8 Å². The second-order valence-electron chi connectivity index (χ2n) is 5.21. The van der Waals surface area contributed by atoms with Gasteiger partial charge in [-0.2, -0.15) is 0 Å². The summed E-state index contributed by atoms with van der Waals surface area (Å²) in [5.41, 5.74) is 1.58. The Labute approximate surface area is 137 Å². The van der Waals surface area contributed by atoms with E-state index in [2.05, 4.69) is 9.97 Å². The molecular weight excluding hydrogens is 319 g/mol. The van der Waals surface area contributed by atoms with Crippen molar-refractivity contribution in [2.75, 3.05) is 25.7 Å². The summed E-state index contributed by atoms with van der Waals surface area (Å²) in [6.45, 7) is 0.831. The molecule has 9 heteroatoms. The monoisotopic (exact) mass is 334 g/mol. The Morgan fingerprint density at radius 2 is 2.08 bits per heavy atom. The molecule has 0 radical (unpaired) electrons. The lowest BCUT2D eigenvalue weighted by atomic mass is 10.1. The van der Waals surface area contributed by atoms with E-state index in [4.69, 9.17) is 9.47 Å². The number of rotatable bonds is 4. The summed E-state index contributed by atoms with van der Waals surface area (Å²) in [5, 5.41) is 11.3. The molecule has 1 aromatic carbocycles. The third-order valence-electron chi connectivity index (χ3n) is 3.94. The maximum atomic E-state index is 13.8. The predicted molar refractivity (Wildman–Crippen MR) is 82.9 cm³/mol. The number of benzene rings is 1. The van der Waals surface area contributed by atoms with Crippen LogP contribution in [0.5, 0.6) is 11.6 Å².